The number of rotatable bonds is 9. The summed E-state index contributed by atoms with van der Waals surface area (Å²) in [5.41, 5.74) is 2.07. The summed E-state index contributed by atoms with van der Waals surface area (Å²) in [6.45, 7) is 9.76. The van der Waals surface area contributed by atoms with E-state index in [0.29, 0.717) is 6.04 Å². The number of hydrogen-bond donors (Lipinski definition) is 1. The average Bonchev–Trinajstić information content (AvgIpc) is 2.61. The number of hydrogen-bond acceptors (Lipinski definition) is 3. The Bertz CT molecular complexity index is 404. The lowest BCUT2D eigenvalue weighted by atomic mass is 10.1. The minimum absolute atomic E-state index is 0.464. The van der Waals surface area contributed by atoms with E-state index < -0.39 is 0 Å². The summed E-state index contributed by atoms with van der Waals surface area (Å²) in [6.07, 6.45) is 2.10. The number of aromatic nitrogens is 2. The molecule has 0 aliphatic heterocycles. The van der Waals surface area contributed by atoms with Crippen LogP contribution in [0.25, 0.3) is 0 Å². The second kappa shape index (κ2) is 8.96. The SMILES string of the molecule is CCCNC(CSCC(C)C)Cc1c(Cl)c(C)nn1C. The van der Waals surface area contributed by atoms with Gasteiger partial charge in [-0.1, -0.05) is 32.4 Å². The molecule has 3 nitrogen and oxygen atoms in total. The van der Waals surface area contributed by atoms with E-state index in [0.717, 1.165) is 47.5 Å². The van der Waals surface area contributed by atoms with Crippen LogP contribution in [0.2, 0.25) is 5.02 Å². The molecule has 1 atom stereocenters. The molecule has 0 aliphatic rings. The molecule has 1 unspecified atom stereocenters. The van der Waals surface area contributed by atoms with Gasteiger partial charge in [0, 0.05) is 25.3 Å². The van der Waals surface area contributed by atoms with Crippen LogP contribution in [0, 0.1) is 12.8 Å². The van der Waals surface area contributed by atoms with Crippen molar-refractivity contribution in [2.24, 2.45) is 13.0 Å². The summed E-state index contributed by atoms with van der Waals surface area (Å²) in [6, 6.07) is 0.464. The first-order chi connectivity index (χ1) is 9.45. The van der Waals surface area contributed by atoms with E-state index in [1.807, 2.05) is 30.4 Å². The molecule has 0 aliphatic carbocycles. The van der Waals surface area contributed by atoms with Gasteiger partial charge in [-0.2, -0.15) is 16.9 Å². The molecule has 0 spiro atoms. The van der Waals surface area contributed by atoms with E-state index in [4.69, 9.17) is 11.6 Å². The third kappa shape index (κ3) is 5.66. The molecule has 5 heteroatoms. The van der Waals surface area contributed by atoms with Crippen LogP contribution in [0.15, 0.2) is 0 Å². The molecule has 0 saturated carbocycles. The van der Waals surface area contributed by atoms with Crippen molar-refractivity contribution >= 4 is 23.4 Å². The monoisotopic (exact) mass is 317 g/mol. The van der Waals surface area contributed by atoms with Crippen LogP contribution in [0.1, 0.15) is 38.6 Å². The molecule has 0 fully saturated rings. The molecular weight excluding hydrogens is 290 g/mol. The van der Waals surface area contributed by atoms with E-state index in [-0.39, 0.29) is 0 Å². The van der Waals surface area contributed by atoms with E-state index >= 15 is 0 Å². The highest BCUT2D eigenvalue weighted by Crippen LogP contribution is 2.22. The highest BCUT2D eigenvalue weighted by Gasteiger charge is 2.17. The second-order valence-electron chi connectivity index (χ2n) is 5.76. The van der Waals surface area contributed by atoms with Crippen molar-refractivity contribution in [1.29, 1.82) is 0 Å². The summed E-state index contributed by atoms with van der Waals surface area (Å²) < 4.78 is 1.92. The number of halogens is 1. The van der Waals surface area contributed by atoms with Crippen LogP contribution in [0.5, 0.6) is 0 Å². The van der Waals surface area contributed by atoms with Crippen molar-refractivity contribution in [2.75, 3.05) is 18.1 Å². The van der Waals surface area contributed by atoms with E-state index in [1.54, 1.807) is 0 Å². The van der Waals surface area contributed by atoms with Gasteiger partial charge in [-0.15, -0.1) is 0 Å². The van der Waals surface area contributed by atoms with Crippen molar-refractivity contribution < 1.29 is 0 Å². The molecule has 1 rings (SSSR count). The van der Waals surface area contributed by atoms with Gasteiger partial charge in [0.05, 0.1) is 16.4 Å². The molecule has 0 aromatic carbocycles. The lowest BCUT2D eigenvalue weighted by Crippen LogP contribution is -2.35. The Hall–Kier alpha value is -0.190. The zero-order valence-electron chi connectivity index (χ0n) is 13.4. The summed E-state index contributed by atoms with van der Waals surface area (Å²) in [5.74, 6) is 3.08. The molecule has 0 saturated heterocycles. The summed E-state index contributed by atoms with van der Waals surface area (Å²) in [4.78, 5) is 0. The zero-order valence-corrected chi connectivity index (χ0v) is 14.9. The predicted octanol–water partition coefficient (Wildman–Crippen LogP) is 3.68. The normalized spacial score (nSPS) is 13.2. The van der Waals surface area contributed by atoms with Gasteiger partial charge in [-0.3, -0.25) is 4.68 Å². The maximum atomic E-state index is 6.36. The number of thioether (sulfide) groups is 1. The van der Waals surface area contributed by atoms with Crippen LogP contribution in [0.3, 0.4) is 0 Å². The lowest BCUT2D eigenvalue weighted by Gasteiger charge is -2.19. The molecule has 0 bridgehead atoms. The summed E-state index contributed by atoms with van der Waals surface area (Å²) in [5, 5.41) is 8.86. The second-order valence-corrected chi connectivity index (χ2v) is 7.21. The Morgan fingerprint density at radius 3 is 2.55 bits per heavy atom. The Morgan fingerprint density at radius 1 is 1.35 bits per heavy atom. The maximum absolute atomic E-state index is 6.36. The van der Waals surface area contributed by atoms with Crippen LogP contribution in [0.4, 0.5) is 0 Å². The van der Waals surface area contributed by atoms with Crippen molar-refractivity contribution in [1.82, 2.24) is 15.1 Å². The van der Waals surface area contributed by atoms with Gasteiger partial charge in [0.2, 0.25) is 0 Å². The molecule has 0 radical (unpaired) electrons. The van der Waals surface area contributed by atoms with E-state index in [2.05, 4.69) is 31.2 Å². The third-order valence-corrected chi connectivity index (χ3v) is 5.19. The minimum atomic E-state index is 0.464. The van der Waals surface area contributed by atoms with Crippen LogP contribution < -0.4 is 5.32 Å². The first kappa shape index (κ1) is 17.9. The molecule has 1 N–H and O–H groups in total. The molecule has 20 heavy (non-hydrogen) atoms. The molecule has 1 aromatic rings. The first-order valence-corrected chi connectivity index (χ1v) is 8.98. The first-order valence-electron chi connectivity index (χ1n) is 7.44. The number of nitrogens with zero attached hydrogens (tertiary/aromatic N) is 2. The van der Waals surface area contributed by atoms with Gasteiger partial charge in [0.25, 0.3) is 0 Å². The van der Waals surface area contributed by atoms with Gasteiger partial charge in [-0.05, 0) is 31.6 Å². The summed E-state index contributed by atoms with van der Waals surface area (Å²) >= 11 is 8.38. The van der Waals surface area contributed by atoms with Crippen LogP contribution in [-0.2, 0) is 13.5 Å². The van der Waals surface area contributed by atoms with Gasteiger partial charge in [0.1, 0.15) is 0 Å². The zero-order chi connectivity index (χ0) is 15.1. The quantitative estimate of drug-likeness (QED) is 0.753. The van der Waals surface area contributed by atoms with Crippen molar-refractivity contribution in [2.45, 2.75) is 46.6 Å². The van der Waals surface area contributed by atoms with E-state index in [9.17, 15) is 0 Å². The molecule has 116 valence electrons. The van der Waals surface area contributed by atoms with Gasteiger partial charge >= 0.3 is 0 Å². The number of aryl methyl sites for hydroxylation is 2. The van der Waals surface area contributed by atoms with Crippen LogP contribution in [-0.4, -0.2) is 33.9 Å². The van der Waals surface area contributed by atoms with Gasteiger partial charge in [0.15, 0.2) is 0 Å². The highest BCUT2D eigenvalue weighted by atomic mass is 35.5. The lowest BCUT2D eigenvalue weighted by molar-refractivity contribution is 0.531. The molecule has 0 amide bonds. The van der Waals surface area contributed by atoms with Gasteiger partial charge in [-0.25, -0.2) is 0 Å². The van der Waals surface area contributed by atoms with Crippen molar-refractivity contribution in [3.63, 3.8) is 0 Å². The minimum Gasteiger partial charge on any atom is -0.313 e. The van der Waals surface area contributed by atoms with E-state index in [1.165, 1.54) is 5.75 Å². The fraction of sp³-hybridized carbons (Fsp3) is 0.800. The molecule has 1 heterocycles. The Kier molecular flexibility index (Phi) is 8.00. The largest absolute Gasteiger partial charge is 0.313 e. The Balaban J connectivity index is 2.63. The topological polar surface area (TPSA) is 29.9 Å². The smallest absolute Gasteiger partial charge is 0.0847 e. The standard InChI is InChI=1S/C15H28ClN3S/c1-6-7-17-13(10-20-9-11(2)3)8-14-15(16)12(4)18-19(14)5/h11,13,17H,6-10H2,1-5H3. The van der Waals surface area contributed by atoms with Crippen molar-refractivity contribution in [3.8, 4) is 0 Å². The average molecular weight is 318 g/mol. The van der Waals surface area contributed by atoms with Gasteiger partial charge < -0.3 is 5.32 Å². The number of nitrogens with one attached hydrogen (secondary N) is 1. The predicted molar refractivity (Wildman–Crippen MR) is 90.9 cm³/mol. The summed E-state index contributed by atoms with van der Waals surface area (Å²) in [7, 11) is 1.98. The fourth-order valence-corrected chi connectivity index (χ4v) is 3.48. The highest BCUT2D eigenvalue weighted by molar-refractivity contribution is 7.99. The maximum Gasteiger partial charge on any atom is 0.0847 e. The fourth-order valence-electron chi connectivity index (χ4n) is 2.12. The Morgan fingerprint density at radius 2 is 2.05 bits per heavy atom. The molecular formula is C15H28ClN3S. The molecule has 1 aromatic heterocycles. The van der Waals surface area contributed by atoms with Crippen molar-refractivity contribution in [3.05, 3.63) is 16.4 Å². The van der Waals surface area contributed by atoms with Crippen LogP contribution >= 0.6 is 23.4 Å². The third-order valence-electron chi connectivity index (χ3n) is 3.15. The Labute approximate surface area is 132 Å².